The Balaban J connectivity index is 4.04. The zero-order valence-electron chi connectivity index (χ0n) is 46.8. The van der Waals surface area contributed by atoms with Gasteiger partial charge in [0, 0.05) is 12.8 Å². The fourth-order valence-electron chi connectivity index (χ4n) is 8.62. The zero-order valence-corrected chi connectivity index (χ0v) is 47.7. The van der Waals surface area contributed by atoms with Crippen molar-refractivity contribution in [2.24, 2.45) is 0 Å². The minimum absolute atomic E-state index is 0.0306. The van der Waals surface area contributed by atoms with Crippen molar-refractivity contribution in [3.63, 3.8) is 0 Å². The van der Waals surface area contributed by atoms with Gasteiger partial charge in [-0.25, -0.2) is 4.57 Å². The van der Waals surface area contributed by atoms with E-state index in [9.17, 15) is 19.0 Å². The summed E-state index contributed by atoms with van der Waals surface area (Å²) in [4.78, 5) is 35.7. The highest BCUT2D eigenvalue weighted by Crippen LogP contribution is 2.43. The molecule has 0 amide bonds. The summed E-state index contributed by atoms with van der Waals surface area (Å²) in [7, 11) is 1.48. The van der Waals surface area contributed by atoms with Gasteiger partial charge in [0.1, 0.15) is 19.8 Å². The molecule has 9 nitrogen and oxygen atoms in total. The molecule has 2 atom stereocenters. The van der Waals surface area contributed by atoms with Crippen LogP contribution in [0.1, 0.15) is 284 Å². The summed E-state index contributed by atoms with van der Waals surface area (Å²) in [6, 6.07) is 0. The number of likely N-dealkylation sites (N-methyl/N-ethyl adjacent to an activating group) is 1. The van der Waals surface area contributed by atoms with Crippen molar-refractivity contribution < 1.29 is 42.1 Å². The molecule has 0 spiro atoms. The highest BCUT2D eigenvalue weighted by Gasteiger charge is 2.27. The summed E-state index contributed by atoms with van der Waals surface area (Å²) in [5.41, 5.74) is 0. The number of hydrogen-bond acceptors (Lipinski definition) is 7. The lowest BCUT2D eigenvalue weighted by molar-refractivity contribution is -0.870. The lowest BCUT2D eigenvalue weighted by Crippen LogP contribution is -2.37. The normalized spacial score (nSPS) is 13.5. The van der Waals surface area contributed by atoms with E-state index < -0.39 is 26.5 Å². The van der Waals surface area contributed by atoms with Gasteiger partial charge >= 0.3 is 19.8 Å². The minimum Gasteiger partial charge on any atom is -0.462 e. The van der Waals surface area contributed by atoms with Crippen LogP contribution < -0.4 is 0 Å². The van der Waals surface area contributed by atoms with Gasteiger partial charge in [-0.15, -0.1) is 0 Å². The third-order valence-corrected chi connectivity index (χ3v) is 14.2. The van der Waals surface area contributed by atoms with Crippen LogP contribution in [0.25, 0.3) is 0 Å². The van der Waals surface area contributed by atoms with Gasteiger partial charge in [0.25, 0.3) is 0 Å². The molecular weight excluding hydrogens is 894 g/mol. The van der Waals surface area contributed by atoms with Gasteiger partial charge in [-0.05, 0) is 44.9 Å². The average Bonchev–Trinajstić information content (AvgIpc) is 3.32. The number of phosphoric acid groups is 1. The third kappa shape index (κ3) is 55.5. The smallest absolute Gasteiger partial charge is 0.462 e. The van der Waals surface area contributed by atoms with Crippen LogP contribution in [0.3, 0.4) is 0 Å². The number of phosphoric ester groups is 1. The summed E-state index contributed by atoms with van der Waals surface area (Å²) in [6.45, 7) is 4.35. The van der Waals surface area contributed by atoms with Crippen molar-refractivity contribution in [3.8, 4) is 0 Å². The molecular formula is C60H115NO8P+. The molecule has 70 heavy (non-hydrogen) atoms. The molecule has 412 valence electrons. The Morgan fingerprint density at radius 2 is 0.814 bits per heavy atom. The summed E-state index contributed by atoms with van der Waals surface area (Å²) in [5, 5.41) is 0. The summed E-state index contributed by atoms with van der Waals surface area (Å²) >= 11 is 0. The van der Waals surface area contributed by atoms with Crippen LogP contribution in [0.2, 0.25) is 0 Å². The largest absolute Gasteiger partial charge is 0.472 e. The van der Waals surface area contributed by atoms with Crippen LogP contribution in [0.4, 0.5) is 0 Å². The lowest BCUT2D eigenvalue weighted by atomic mass is 10.0. The van der Waals surface area contributed by atoms with E-state index in [0.29, 0.717) is 23.9 Å². The molecule has 0 fully saturated rings. The predicted molar refractivity (Wildman–Crippen MR) is 298 cm³/mol. The van der Waals surface area contributed by atoms with Gasteiger partial charge in [0.05, 0.1) is 27.7 Å². The third-order valence-electron chi connectivity index (χ3n) is 13.2. The van der Waals surface area contributed by atoms with E-state index in [1.165, 1.54) is 186 Å². The molecule has 0 rings (SSSR count). The molecule has 0 aromatic carbocycles. The first-order chi connectivity index (χ1) is 34.0. The molecule has 10 heteroatoms. The zero-order chi connectivity index (χ0) is 51.3. The number of nitrogens with zero attached hydrogens (tertiary/aromatic N) is 1. The minimum atomic E-state index is -4.39. The Kier molecular flexibility index (Phi) is 50.8. The fourth-order valence-corrected chi connectivity index (χ4v) is 9.36. The summed E-state index contributed by atoms with van der Waals surface area (Å²) < 4.78 is 34.5. The Morgan fingerprint density at radius 3 is 1.21 bits per heavy atom. The highest BCUT2D eigenvalue weighted by atomic mass is 31.2. The molecule has 0 aromatic heterocycles. The molecule has 0 aliphatic heterocycles. The molecule has 2 unspecified atom stereocenters. The van der Waals surface area contributed by atoms with Crippen molar-refractivity contribution in [3.05, 3.63) is 36.5 Å². The first-order valence-corrected chi connectivity index (χ1v) is 31.2. The Bertz CT molecular complexity index is 1280. The number of ether oxygens (including phenoxy) is 2. The van der Waals surface area contributed by atoms with E-state index in [4.69, 9.17) is 18.5 Å². The molecule has 0 bridgehead atoms. The van der Waals surface area contributed by atoms with Crippen LogP contribution in [-0.2, 0) is 32.7 Å². The van der Waals surface area contributed by atoms with Crippen LogP contribution in [0, 0.1) is 0 Å². The van der Waals surface area contributed by atoms with E-state index in [1.54, 1.807) is 0 Å². The predicted octanol–water partition coefficient (Wildman–Crippen LogP) is 18.4. The highest BCUT2D eigenvalue weighted by molar-refractivity contribution is 7.47. The molecule has 0 aromatic rings. The van der Waals surface area contributed by atoms with E-state index in [2.05, 4.69) is 50.3 Å². The Hall–Kier alpha value is -1.77. The van der Waals surface area contributed by atoms with Crippen LogP contribution >= 0.6 is 7.82 Å². The van der Waals surface area contributed by atoms with Gasteiger partial charge in [-0.2, -0.15) is 0 Å². The number of rotatable bonds is 55. The van der Waals surface area contributed by atoms with Crippen molar-refractivity contribution in [1.82, 2.24) is 0 Å². The Labute approximate surface area is 433 Å². The van der Waals surface area contributed by atoms with Crippen molar-refractivity contribution in [2.45, 2.75) is 290 Å². The number of unbranched alkanes of at least 4 members (excludes halogenated alkanes) is 35. The van der Waals surface area contributed by atoms with Gasteiger partial charge in [0.15, 0.2) is 6.10 Å². The number of esters is 2. The van der Waals surface area contributed by atoms with Crippen molar-refractivity contribution in [1.29, 1.82) is 0 Å². The van der Waals surface area contributed by atoms with Crippen LogP contribution in [0.15, 0.2) is 36.5 Å². The van der Waals surface area contributed by atoms with Crippen molar-refractivity contribution in [2.75, 3.05) is 47.5 Å². The van der Waals surface area contributed by atoms with Gasteiger partial charge < -0.3 is 18.9 Å². The quantitative estimate of drug-likeness (QED) is 0.0211. The fraction of sp³-hybridized carbons (Fsp3) is 0.867. The van der Waals surface area contributed by atoms with Crippen LogP contribution in [-0.4, -0.2) is 74.9 Å². The molecule has 0 aliphatic rings. The number of quaternary nitrogens is 1. The number of hydrogen-bond donors (Lipinski definition) is 1. The average molecular weight is 1010 g/mol. The second-order valence-electron chi connectivity index (χ2n) is 21.4. The van der Waals surface area contributed by atoms with Crippen molar-refractivity contribution >= 4 is 19.8 Å². The maximum Gasteiger partial charge on any atom is 0.472 e. The summed E-state index contributed by atoms with van der Waals surface area (Å²) in [6.07, 6.45) is 63.7. The molecule has 0 heterocycles. The SMILES string of the molecule is CC/C=C\C/C=C\C/C=C\CCCCCCCCCC(=O)OC(COC(=O)CCCCCCCCCCCCCCCCCCCCCCCCCCCCCCC)COP(=O)(O)OCC[N+](C)(C)C. The number of carbonyl (C=O) groups excluding carboxylic acids is 2. The summed E-state index contributed by atoms with van der Waals surface area (Å²) in [5.74, 6) is -0.796. The van der Waals surface area contributed by atoms with Gasteiger partial charge in [0.2, 0.25) is 0 Å². The first-order valence-electron chi connectivity index (χ1n) is 29.7. The molecule has 1 N–H and O–H groups in total. The van der Waals surface area contributed by atoms with E-state index in [1.807, 2.05) is 21.1 Å². The maximum absolute atomic E-state index is 12.8. The Morgan fingerprint density at radius 1 is 0.457 bits per heavy atom. The van der Waals surface area contributed by atoms with E-state index in [0.717, 1.165) is 64.2 Å². The molecule has 0 saturated carbocycles. The topological polar surface area (TPSA) is 108 Å². The first kappa shape index (κ1) is 68.2. The standard InChI is InChI=1S/C60H114NO8P/c1-6-8-10-12-14-16-18-20-22-24-25-26-27-28-29-30-31-32-33-34-35-37-38-40-42-44-46-48-50-52-59(62)66-56-58(57-68-70(64,65)67-55-54-61(3,4)5)69-60(63)53-51-49-47-45-43-41-39-36-23-21-19-17-15-13-11-9-7-2/h9,11,15,17,21,23,58H,6-8,10,12-14,16,18-20,22,24-57H2,1-5H3/p+1/b11-9-,17-15-,23-21-. The second kappa shape index (κ2) is 52.1. The van der Waals surface area contributed by atoms with Crippen LogP contribution in [0.5, 0.6) is 0 Å². The molecule has 0 saturated heterocycles. The van der Waals surface area contributed by atoms with Gasteiger partial charge in [-0.3, -0.25) is 18.6 Å². The lowest BCUT2D eigenvalue weighted by Gasteiger charge is -2.24. The van der Waals surface area contributed by atoms with Gasteiger partial charge in [-0.1, -0.05) is 262 Å². The second-order valence-corrected chi connectivity index (χ2v) is 22.8. The molecule has 0 radical (unpaired) electrons. The van der Waals surface area contributed by atoms with E-state index in [-0.39, 0.29) is 25.6 Å². The monoisotopic (exact) mass is 1010 g/mol. The van der Waals surface area contributed by atoms with E-state index >= 15 is 0 Å². The maximum atomic E-state index is 12.8. The number of carbonyl (C=O) groups is 2. The molecule has 0 aliphatic carbocycles. The number of allylic oxidation sites excluding steroid dienone is 6.